The third kappa shape index (κ3) is 4.90. The summed E-state index contributed by atoms with van der Waals surface area (Å²) in [5, 5.41) is 2.82. The van der Waals surface area contributed by atoms with Crippen LogP contribution in [0.25, 0.3) is 22.4 Å². The molecule has 9 heteroatoms. The number of hydrogen-bond acceptors (Lipinski definition) is 4. The first-order chi connectivity index (χ1) is 16.9. The molecule has 7 nitrogen and oxygen atoms in total. The van der Waals surface area contributed by atoms with E-state index in [2.05, 4.69) is 20.0 Å². The van der Waals surface area contributed by atoms with Crippen molar-refractivity contribution in [2.24, 2.45) is 0 Å². The average molecular weight is 487 g/mol. The number of aromatic nitrogens is 2. The van der Waals surface area contributed by atoms with E-state index in [1.807, 2.05) is 36.4 Å². The van der Waals surface area contributed by atoms with Crippen molar-refractivity contribution in [3.05, 3.63) is 108 Å². The Hall–Kier alpha value is -4.50. The number of nitrogens with one attached hydrogen (secondary N) is 3. The van der Waals surface area contributed by atoms with E-state index in [-0.39, 0.29) is 16.5 Å². The van der Waals surface area contributed by atoms with E-state index in [0.717, 1.165) is 34.6 Å². The van der Waals surface area contributed by atoms with Crippen LogP contribution in [0.15, 0.2) is 102 Å². The average Bonchev–Trinajstić information content (AvgIpc) is 3.29. The first-order valence-electron chi connectivity index (χ1n) is 10.6. The topological polar surface area (TPSA) is 104 Å². The summed E-state index contributed by atoms with van der Waals surface area (Å²) in [5.41, 5.74) is 3.96. The van der Waals surface area contributed by atoms with Gasteiger partial charge in [0.15, 0.2) is 0 Å². The number of imidazole rings is 1. The zero-order valence-electron chi connectivity index (χ0n) is 18.2. The lowest BCUT2D eigenvalue weighted by molar-refractivity contribution is 0.102. The molecule has 0 aliphatic heterocycles. The molecule has 0 spiro atoms. The van der Waals surface area contributed by atoms with Gasteiger partial charge in [-0.05, 0) is 84.9 Å². The Morgan fingerprint density at radius 3 is 2.14 bits per heavy atom. The Morgan fingerprint density at radius 2 is 1.46 bits per heavy atom. The van der Waals surface area contributed by atoms with Crippen LogP contribution < -0.4 is 10.0 Å². The number of rotatable bonds is 6. The van der Waals surface area contributed by atoms with Crippen molar-refractivity contribution < 1.29 is 17.6 Å². The van der Waals surface area contributed by atoms with Crippen LogP contribution in [0.1, 0.15) is 10.4 Å². The highest BCUT2D eigenvalue weighted by atomic mass is 32.2. The van der Waals surface area contributed by atoms with E-state index in [4.69, 9.17) is 0 Å². The number of para-hydroxylation sites is 2. The quantitative estimate of drug-likeness (QED) is 0.298. The Morgan fingerprint density at radius 1 is 0.800 bits per heavy atom. The van der Waals surface area contributed by atoms with Gasteiger partial charge in [0, 0.05) is 22.5 Å². The molecule has 35 heavy (non-hydrogen) atoms. The summed E-state index contributed by atoms with van der Waals surface area (Å²) in [6.07, 6.45) is 0. The molecule has 0 aliphatic carbocycles. The van der Waals surface area contributed by atoms with E-state index < -0.39 is 15.8 Å². The maximum Gasteiger partial charge on any atom is 0.261 e. The molecule has 5 rings (SSSR count). The van der Waals surface area contributed by atoms with E-state index in [9.17, 15) is 17.6 Å². The van der Waals surface area contributed by atoms with Crippen LogP contribution in [-0.2, 0) is 10.0 Å². The van der Waals surface area contributed by atoms with Gasteiger partial charge < -0.3 is 10.3 Å². The number of anilines is 2. The summed E-state index contributed by atoms with van der Waals surface area (Å²) in [5.74, 6) is -0.124. The Kier molecular flexibility index (Phi) is 5.76. The molecule has 0 unspecified atom stereocenters. The predicted octanol–water partition coefficient (Wildman–Crippen LogP) is 5.42. The number of hydrogen-bond donors (Lipinski definition) is 3. The van der Waals surface area contributed by atoms with Gasteiger partial charge >= 0.3 is 0 Å². The number of sulfonamides is 1. The summed E-state index contributed by atoms with van der Waals surface area (Å²) in [6, 6.07) is 25.6. The van der Waals surface area contributed by atoms with Crippen molar-refractivity contribution in [3.63, 3.8) is 0 Å². The molecule has 5 aromatic rings. The normalized spacial score (nSPS) is 11.3. The molecule has 0 radical (unpaired) electrons. The standard InChI is InChI=1S/C26H19FN4O3S/c27-19-9-15-22(16-10-19)35(33,34)31-21-13-7-18(8-14-21)26(32)28-20-11-5-17(6-12-20)25-29-23-3-1-2-4-24(23)30-25/h1-16,31H,(H,28,32)(H,29,30). The van der Waals surface area contributed by atoms with Crippen LogP contribution in [0, 0.1) is 5.82 Å². The number of carbonyl (C=O) groups is 1. The molecular formula is C26H19FN4O3S. The molecule has 0 fully saturated rings. The first-order valence-corrected chi connectivity index (χ1v) is 12.1. The van der Waals surface area contributed by atoms with Gasteiger partial charge in [-0.1, -0.05) is 12.1 Å². The van der Waals surface area contributed by atoms with Crippen molar-refractivity contribution in [1.82, 2.24) is 9.97 Å². The SMILES string of the molecule is O=C(Nc1ccc(-c2nc3ccccc3[nH]2)cc1)c1ccc(NS(=O)(=O)c2ccc(F)cc2)cc1. The summed E-state index contributed by atoms with van der Waals surface area (Å²) in [6.45, 7) is 0. The van der Waals surface area contributed by atoms with Gasteiger partial charge in [-0.15, -0.1) is 0 Å². The van der Waals surface area contributed by atoms with Gasteiger partial charge in [-0.2, -0.15) is 0 Å². The smallest absolute Gasteiger partial charge is 0.261 e. The van der Waals surface area contributed by atoms with Gasteiger partial charge in [0.2, 0.25) is 0 Å². The lowest BCUT2D eigenvalue weighted by Gasteiger charge is -2.09. The number of benzene rings is 4. The number of carbonyl (C=O) groups excluding carboxylic acids is 1. The molecule has 174 valence electrons. The van der Waals surface area contributed by atoms with Crippen LogP contribution in [0.5, 0.6) is 0 Å². The molecule has 0 saturated carbocycles. The molecule has 0 bridgehead atoms. The van der Waals surface area contributed by atoms with Gasteiger partial charge in [0.25, 0.3) is 15.9 Å². The second-order valence-corrected chi connectivity index (χ2v) is 9.45. The van der Waals surface area contributed by atoms with Crippen molar-refractivity contribution in [2.75, 3.05) is 10.0 Å². The number of H-pyrrole nitrogens is 1. The minimum atomic E-state index is -3.87. The van der Waals surface area contributed by atoms with Crippen LogP contribution in [-0.4, -0.2) is 24.3 Å². The third-order valence-corrected chi connectivity index (χ3v) is 6.73. The predicted molar refractivity (Wildman–Crippen MR) is 133 cm³/mol. The highest BCUT2D eigenvalue weighted by molar-refractivity contribution is 7.92. The molecule has 0 saturated heterocycles. The zero-order chi connectivity index (χ0) is 24.4. The fraction of sp³-hybridized carbons (Fsp3) is 0. The van der Waals surface area contributed by atoms with Crippen LogP contribution in [0.2, 0.25) is 0 Å². The first kappa shape index (κ1) is 22.3. The van der Waals surface area contributed by atoms with Gasteiger partial charge in [-0.25, -0.2) is 17.8 Å². The van der Waals surface area contributed by atoms with E-state index in [1.165, 1.54) is 36.4 Å². The van der Waals surface area contributed by atoms with E-state index in [0.29, 0.717) is 11.3 Å². The molecule has 0 aliphatic rings. The highest BCUT2D eigenvalue weighted by Gasteiger charge is 2.15. The molecule has 1 heterocycles. The number of nitrogens with zero attached hydrogens (tertiary/aromatic N) is 1. The fourth-order valence-corrected chi connectivity index (χ4v) is 4.58. The zero-order valence-corrected chi connectivity index (χ0v) is 19.0. The van der Waals surface area contributed by atoms with E-state index in [1.54, 1.807) is 12.1 Å². The Labute approximate surface area is 200 Å². The maximum absolute atomic E-state index is 13.1. The molecular weight excluding hydrogens is 467 g/mol. The lowest BCUT2D eigenvalue weighted by atomic mass is 10.1. The van der Waals surface area contributed by atoms with Gasteiger partial charge in [0.05, 0.1) is 15.9 Å². The minimum absolute atomic E-state index is 0.0631. The molecule has 1 aromatic heterocycles. The van der Waals surface area contributed by atoms with Crippen molar-refractivity contribution in [2.45, 2.75) is 4.90 Å². The largest absolute Gasteiger partial charge is 0.338 e. The summed E-state index contributed by atoms with van der Waals surface area (Å²) in [4.78, 5) is 20.4. The van der Waals surface area contributed by atoms with Crippen LogP contribution in [0.3, 0.4) is 0 Å². The fourth-order valence-electron chi connectivity index (χ4n) is 3.52. The molecule has 4 aromatic carbocycles. The van der Waals surface area contributed by atoms with Gasteiger partial charge in [-0.3, -0.25) is 9.52 Å². The highest BCUT2D eigenvalue weighted by Crippen LogP contribution is 2.23. The van der Waals surface area contributed by atoms with Crippen molar-refractivity contribution >= 4 is 38.3 Å². The summed E-state index contributed by atoms with van der Waals surface area (Å²) in [7, 11) is -3.87. The van der Waals surface area contributed by atoms with Crippen LogP contribution in [0.4, 0.5) is 15.8 Å². The van der Waals surface area contributed by atoms with Crippen LogP contribution >= 0.6 is 0 Å². The molecule has 0 atom stereocenters. The second kappa shape index (κ2) is 9.03. The maximum atomic E-state index is 13.1. The van der Waals surface area contributed by atoms with Crippen molar-refractivity contribution in [3.8, 4) is 11.4 Å². The van der Waals surface area contributed by atoms with E-state index >= 15 is 0 Å². The Balaban J connectivity index is 1.25. The second-order valence-electron chi connectivity index (χ2n) is 7.77. The number of amides is 1. The number of halogens is 1. The molecule has 1 amide bonds. The van der Waals surface area contributed by atoms with Crippen molar-refractivity contribution in [1.29, 1.82) is 0 Å². The molecule has 3 N–H and O–H groups in total. The Bertz CT molecular complexity index is 1580. The lowest BCUT2D eigenvalue weighted by Crippen LogP contribution is -2.14. The minimum Gasteiger partial charge on any atom is -0.338 e. The third-order valence-electron chi connectivity index (χ3n) is 5.33. The van der Waals surface area contributed by atoms with Gasteiger partial charge in [0.1, 0.15) is 11.6 Å². The summed E-state index contributed by atoms with van der Waals surface area (Å²) >= 11 is 0. The number of fused-ring (bicyclic) bond motifs is 1. The monoisotopic (exact) mass is 486 g/mol. The summed E-state index contributed by atoms with van der Waals surface area (Å²) < 4.78 is 40.3. The number of aromatic amines is 1.